The molecule has 33 heavy (non-hydrogen) atoms. The normalized spacial score (nSPS) is 39.4. The molecule has 4 N–H and O–H groups in total. The van der Waals surface area contributed by atoms with Gasteiger partial charge in [-0.15, -0.1) is 0 Å². The van der Waals surface area contributed by atoms with Gasteiger partial charge in [0.2, 0.25) is 11.8 Å². The van der Waals surface area contributed by atoms with Crippen LogP contribution in [0.4, 0.5) is 0 Å². The summed E-state index contributed by atoms with van der Waals surface area (Å²) in [5, 5.41) is 11.7. The molecule has 4 fully saturated rings. The molecule has 0 aromatic heterocycles. The van der Waals surface area contributed by atoms with Crippen molar-refractivity contribution in [1.29, 1.82) is 0 Å². The third-order valence-corrected chi connectivity index (χ3v) is 8.67. The molecule has 180 valence electrons. The lowest BCUT2D eigenvalue weighted by atomic mass is 9.51. The topological polar surface area (TPSA) is 136 Å². The number of nitrogens with two attached hydrogens (primary N) is 1. The van der Waals surface area contributed by atoms with Gasteiger partial charge in [0.05, 0.1) is 11.7 Å². The van der Waals surface area contributed by atoms with Crippen LogP contribution in [-0.2, 0) is 23.9 Å². The quantitative estimate of drug-likeness (QED) is 0.454. The molecule has 3 aliphatic carbocycles. The Morgan fingerprint density at radius 1 is 1.36 bits per heavy atom. The van der Waals surface area contributed by atoms with Crippen molar-refractivity contribution in [3.63, 3.8) is 0 Å². The van der Waals surface area contributed by atoms with Crippen LogP contribution in [0, 0.1) is 22.7 Å². The van der Waals surface area contributed by atoms with Crippen LogP contribution in [0.2, 0.25) is 0 Å². The lowest BCUT2D eigenvalue weighted by Gasteiger charge is -2.55. The molecule has 5 aliphatic rings. The molecule has 8 heteroatoms. The van der Waals surface area contributed by atoms with Crippen molar-refractivity contribution in [2.75, 3.05) is 0 Å². The predicted octanol–water partition coefficient (Wildman–Crippen LogP) is 2.27. The van der Waals surface area contributed by atoms with Gasteiger partial charge >= 0.3 is 5.97 Å². The van der Waals surface area contributed by atoms with E-state index in [2.05, 4.69) is 18.3 Å². The van der Waals surface area contributed by atoms with Crippen LogP contribution in [0.25, 0.3) is 0 Å². The molecule has 0 radical (unpaired) electrons. The third kappa shape index (κ3) is 3.92. The first-order valence-electron chi connectivity index (χ1n) is 11.8. The maximum atomic E-state index is 13.1. The lowest BCUT2D eigenvalue weighted by molar-refractivity contribution is -0.168. The third-order valence-electron chi connectivity index (χ3n) is 8.67. The zero-order valence-electron chi connectivity index (χ0n) is 19.6. The molecule has 0 aromatic rings. The number of hydrogen-bond donors (Lipinski definition) is 3. The number of nitrogens with one attached hydrogen (secondary N) is 1. The van der Waals surface area contributed by atoms with Gasteiger partial charge < -0.3 is 20.9 Å². The zero-order chi connectivity index (χ0) is 24.2. The van der Waals surface area contributed by atoms with E-state index >= 15 is 0 Å². The van der Waals surface area contributed by atoms with Crippen LogP contribution in [0.3, 0.4) is 0 Å². The predicted molar refractivity (Wildman–Crippen MR) is 120 cm³/mol. The second-order valence-electron chi connectivity index (χ2n) is 10.9. The van der Waals surface area contributed by atoms with E-state index in [9.17, 15) is 24.3 Å². The second-order valence-corrected chi connectivity index (χ2v) is 10.9. The van der Waals surface area contributed by atoms with Gasteiger partial charge in [-0.2, -0.15) is 0 Å². The van der Waals surface area contributed by atoms with Gasteiger partial charge in [-0.05, 0) is 69.8 Å². The second kappa shape index (κ2) is 8.08. The van der Waals surface area contributed by atoms with E-state index in [1.165, 1.54) is 0 Å². The highest BCUT2D eigenvalue weighted by Crippen LogP contribution is 2.71. The van der Waals surface area contributed by atoms with Crippen molar-refractivity contribution in [2.45, 2.75) is 83.5 Å². The number of primary amides is 1. The summed E-state index contributed by atoms with van der Waals surface area (Å²) >= 11 is 0. The summed E-state index contributed by atoms with van der Waals surface area (Å²) in [6.45, 7) is 5.87. The highest BCUT2D eigenvalue weighted by molar-refractivity contribution is 5.97. The monoisotopic (exact) mass is 458 g/mol. The summed E-state index contributed by atoms with van der Waals surface area (Å²) < 4.78 is 6.46. The molecule has 8 nitrogen and oxygen atoms in total. The van der Waals surface area contributed by atoms with Crippen LogP contribution < -0.4 is 11.1 Å². The fourth-order valence-corrected chi connectivity index (χ4v) is 7.14. The molecule has 2 saturated carbocycles. The average molecular weight is 459 g/mol. The number of carboxylic acids is 1. The molecule has 7 unspecified atom stereocenters. The Morgan fingerprint density at radius 3 is 2.73 bits per heavy atom. The summed E-state index contributed by atoms with van der Waals surface area (Å²) in [5.41, 5.74) is 4.86. The Hall–Kier alpha value is -2.48. The molecule has 2 saturated heterocycles. The molecule has 0 aromatic carbocycles. The van der Waals surface area contributed by atoms with Crippen molar-refractivity contribution in [3.05, 3.63) is 23.8 Å². The summed E-state index contributed by atoms with van der Waals surface area (Å²) in [5.74, 6) is -1.52. The number of amides is 2. The fraction of sp³-hybridized carbons (Fsp3) is 0.680. The van der Waals surface area contributed by atoms with Gasteiger partial charge in [-0.3, -0.25) is 14.4 Å². The van der Waals surface area contributed by atoms with Crippen LogP contribution in [0.5, 0.6) is 0 Å². The number of carbonyl (C=O) groups excluding carboxylic acids is 3. The summed E-state index contributed by atoms with van der Waals surface area (Å²) in [6.07, 6.45) is 9.76. The Morgan fingerprint density at radius 2 is 2.09 bits per heavy atom. The molecular weight excluding hydrogens is 424 g/mol. The Kier molecular flexibility index (Phi) is 5.79. The molecule has 5 rings (SSSR count). The molecule has 2 aliphatic heterocycles. The maximum Gasteiger partial charge on any atom is 0.326 e. The largest absolute Gasteiger partial charge is 0.480 e. The molecule has 4 bridgehead atoms. The number of ether oxygens (including phenoxy) is 1. The van der Waals surface area contributed by atoms with E-state index in [0.717, 1.165) is 19.3 Å². The number of hydrogen-bond acceptors (Lipinski definition) is 5. The highest BCUT2D eigenvalue weighted by atomic mass is 16.5. The molecule has 2 amide bonds. The van der Waals surface area contributed by atoms with Gasteiger partial charge in [-0.1, -0.05) is 19.1 Å². The van der Waals surface area contributed by atoms with E-state index in [1.54, 1.807) is 19.1 Å². The minimum absolute atomic E-state index is 0.0223. The van der Waals surface area contributed by atoms with Crippen molar-refractivity contribution in [1.82, 2.24) is 5.32 Å². The number of carboxylic acid groups (broad SMARTS) is 1. The van der Waals surface area contributed by atoms with Gasteiger partial charge in [0.1, 0.15) is 6.04 Å². The smallest absolute Gasteiger partial charge is 0.326 e. The van der Waals surface area contributed by atoms with E-state index in [-0.39, 0.29) is 41.7 Å². The number of rotatable bonds is 9. The molecule has 2 heterocycles. The van der Waals surface area contributed by atoms with Crippen LogP contribution >= 0.6 is 0 Å². The standard InChI is InChI=1S/C25H34N2O6/c1-14(21(30)27-16(22(31)32)6-7-19(26)29)5-4-9-23(2)18(28)8-10-25-12-15-11-17(20(23)25)33-24(15,3)13-25/h5,8,10,15-17,20H,4,6-7,9,11-13H2,1-3H3,(H2,26,29)(H,27,30)(H,31,32). The summed E-state index contributed by atoms with van der Waals surface area (Å²) in [7, 11) is 0. The van der Waals surface area contributed by atoms with E-state index in [0.29, 0.717) is 24.3 Å². The van der Waals surface area contributed by atoms with Crippen molar-refractivity contribution in [2.24, 2.45) is 28.4 Å². The lowest BCUT2D eigenvalue weighted by Crippen LogP contribution is -2.56. The average Bonchev–Trinajstić information content (AvgIpc) is 3.09. The van der Waals surface area contributed by atoms with Crippen LogP contribution in [0.15, 0.2) is 23.8 Å². The summed E-state index contributed by atoms with van der Waals surface area (Å²) in [4.78, 5) is 47.9. The first-order chi connectivity index (χ1) is 15.4. The molecule has 1 spiro atoms. The van der Waals surface area contributed by atoms with Gasteiger partial charge in [-0.25, -0.2) is 4.79 Å². The number of ketones is 1. The Bertz CT molecular complexity index is 957. The first-order valence-corrected chi connectivity index (χ1v) is 11.8. The zero-order valence-corrected chi connectivity index (χ0v) is 19.6. The minimum Gasteiger partial charge on any atom is -0.480 e. The Labute approximate surface area is 194 Å². The van der Waals surface area contributed by atoms with Gasteiger partial charge in [0.15, 0.2) is 5.78 Å². The summed E-state index contributed by atoms with van der Waals surface area (Å²) in [6, 6.07) is -1.18. The molecule has 7 atom stereocenters. The van der Waals surface area contributed by atoms with Gasteiger partial charge in [0, 0.05) is 23.3 Å². The SMILES string of the molecule is CC(=CCCC1(C)C(=O)C=CC23CC4CC(OC4(C)C2)C31)C(=O)NC(CCC(N)=O)C(=O)O. The number of allylic oxidation sites excluding steroid dienone is 3. The first kappa shape index (κ1) is 23.7. The van der Waals surface area contributed by atoms with E-state index in [1.807, 2.05) is 6.92 Å². The van der Waals surface area contributed by atoms with E-state index in [4.69, 9.17) is 10.5 Å². The molecular formula is C25H34N2O6. The van der Waals surface area contributed by atoms with Gasteiger partial charge in [0.25, 0.3) is 0 Å². The van der Waals surface area contributed by atoms with Crippen molar-refractivity contribution < 1.29 is 29.0 Å². The van der Waals surface area contributed by atoms with Crippen molar-refractivity contribution >= 4 is 23.6 Å². The minimum atomic E-state index is -1.21. The van der Waals surface area contributed by atoms with Crippen LogP contribution in [0.1, 0.15) is 65.7 Å². The maximum absolute atomic E-state index is 13.1. The fourth-order valence-electron chi connectivity index (χ4n) is 7.14. The highest BCUT2D eigenvalue weighted by Gasteiger charge is 2.71. The van der Waals surface area contributed by atoms with E-state index < -0.39 is 29.2 Å². The number of aliphatic carboxylic acids is 1. The van der Waals surface area contributed by atoms with Crippen LogP contribution in [-0.4, -0.2) is 46.4 Å². The Balaban J connectivity index is 1.42. The van der Waals surface area contributed by atoms with Crippen molar-refractivity contribution in [3.8, 4) is 0 Å². The number of carbonyl (C=O) groups is 4.